The normalized spacial score (nSPS) is 12.9. The minimum Gasteiger partial charge on any atom is -0.127 e. The Morgan fingerprint density at radius 2 is 2.15 bits per heavy atom. The molecule has 0 amide bonds. The molecule has 0 aromatic carbocycles. The molecule has 0 aromatic rings. The molecule has 0 nitrogen and oxygen atoms in total. The molecule has 0 saturated carbocycles. The first-order chi connectivity index (χ1) is 6.31. The molecular formula is C12H18S. The molecule has 0 heterocycles. The summed E-state index contributed by atoms with van der Waals surface area (Å²) in [6.45, 7) is 7.81. The van der Waals surface area contributed by atoms with Crippen molar-refractivity contribution in [3.05, 3.63) is 47.9 Å². The summed E-state index contributed by atoms with van der Waals surface area (Å²) in [5.41, 5.74) is 0. The quantitative estimate of drug-likeness (QED) is 0.448. The van der Waals surface area contributed by atoms with E-state index in [-0.39, 0.29) is 0 Å². The van der Waals surface area contributed by atoms with Crippen LogP contribution in [0.3, 0.4) is 0 Å². The first-order valence-electron chi connectivity index (χ1n) is 4.49. The lowest BCUT2D eigenvalue weighted by atomic mass is 10.3. The molecule has 0 radical (unpaired) electrons. The van der Waals surface area contributed by atoms with E-state index >= 15 is 0 Å². The SMILES string of the molecule is C=C/C=C\C/C=C(\C)SC/C=C\C. The van der Waals surface area contributed by atoms with Gasteiger partial charge in [-0.1, -0.05) is 43.0 Å². The van der Waals surface area contributed by atoms with Gasteiger partial charge in [0.2, 0.25) is 0 Å². The summed E-state index contributed by atoms with van der Waals surface area (Å²) in [7, 11) is 0. The maximum Gasteiger partial charge on any atom is 0.0157 e. The summed E-state index contributed by atoms with van der Waals surface area (Å²) >= 11 is 1.87. The molecule has 0 saturated heterocycles. The summed E-state index contributed by atoms with van der Waals surface area (Å²) in [5.74, 6) is 1.07. The van der Waals surface area contributed by atoms with E-state index in [1.165, 1.54) is 4.91 Å². The van der Waals surface area contributed by atoms with Crippen molar-refractivity contribution in [2.75, 3.05) is 5.75 Å². The lowest BCUT2D eigenvalue weighted by Crippen LogP contribution is -1.72. The highest BCUT2D eigenvalue weighted by Crippen LogP contribution is 2.15. The van der Waals surface area contributed by atoms with E-state index in [9.17, 15) is 0 Å². The van der Waals surface area contributed by atoms with E-state index in [0.29, 0.717) is 0 Å². The van der Waals surface area contributed by atoms with Gasteiger partial charge in [-0.25, -0.2) is 0 Å². The van der Waals surface area contributed by atoms with Gasteiger partial charge < -0.3 is 0 Å². The van der Waals surface area contributed by atoms with Gasteiger partial charge in [-0.05, 0) is 25.2 Å². The van der Waals surface area contributed by atoms with Crippen molar-refractivity contribution in [2.24, 2.45) is 0 Å². The lowest BCUT2D eigenvalue weighted by Gasteiger charge is -1.95. The third kappa shape index (κ3) is 9.22. The Bertz CT molecular complexity index is 209. The minimum absolute atomic E-state index is 1.00. The fourth-order valence-electron chi connectivity index (χ4n) is 0.744. The fourth-order valence-corrected chi connectivity index (χ4v) is 1.51. The van der Waals surface area contributed by atoms with Crippen molar-refractivity contribution in [3.63, 3.8) is 0 Å². The second-order valence-corrected chi connectivity index (χ2v) is 3.86. The second kappa shape index (κ2) is 9.40. The molecule has 0 rings (SSSR count). The van der Waals surface area contributed by atoms with Gasteiger partial charge in [-0.15, -0.1) is 11.8 Å². The van der Waals surface area contributed by atoms with Crippen molar-refractivity contribution in [3.8, 4) is 0 Å². The third-order valence-corrected chi connectivity index (χ3v) is 2.44. The van der Waals surface area contributed by atoms with Gasteiger partial charge in [-0.2, -0.15) is 0 Å². The average molecular weight is 194 g/mol. The highest BCUT2D eigenvalue weighted by molar-refractivity contribution is 8.03. The molecule has 13 heavy (non-hydrogen) atoms. The van der Waals surface area contributed by atoms with E-state index in [2.05, 4.69) is 37.8 Å². The number of hydrogen-bond acceptors (Lipinski definition) is 1. The van der Waals surface area contributed by atoms with Gasteiger partial charge in [0, 0.05) is 5.75 Å². The minimum atomic E-state index is 1.00. The number of thioether (sulfide) groups is 1. The molecule has 0 bridgehead atoms. The van der Waals surface area contributed by atoms with Crippen molar-refractivity contribution < 1.29 is 0 Å². The lowest BCUT2D eigenvalue weighted by molar-refractivity contribution is 1.37. The molecule has 0 aliphatic rings. The van der Waals surface area contributed by atoms with Gasteiger partial charge in [0.1, 0.15) is 0 Å². The van der Waals surface area contributed by atoms with Crippen LogP contribution in [0.25, 0.3) is 0 Å². The molecule has 0 aliphatic heterocycles. The van der Waals surface area contributed by atoms with Crippen LogP contribution in [0, 0.1) is 0 Å². The van der Waals surface area contributed by atoms with Crippen LogP contribution in [0.1, 0.15) is 20.3 Å². The van der Waals surface area contributed by atoms with Crippen LogP contribution >= 0.6 is 11.8 Å². The van der Waals surface area contributed by atoms with Crippen molar-refractivity contribution in [1.82, 2.24) is 0 Å². The van der Waals surface area contributed by atoms with E-state index in [1.807, 2.05) is 24.8 Å². The number of hydrogen-bond donors (Lipinski definition) is 0. The third-order valence-electron chi connectivity index (χ3n) is 1.46. The van der Waals surface area contributed by atoms with Crippen molar-refractivity contribution in [1.29, 1.82) is 0 Å². The Labute approximate surface area is 86.1 Å². The standard InChI is InChI=1S/C12H18S/c1-4-6-8-9-10-12(3)13-11-7-5-2/h4-8,10H,1,9,11H2,2-3H3/b7-5-,8-6-,12-10+. The molecule has 72 valence electrons. The first-order valence-corrected chi connectivity index (χ1v) is 5.48. The van der Waals surface area contributed by atoms with Gasteiger partial charge in [0.25, 0.3) is 0 Å². The zero-order chi connectivity index (χ0) is 9.94. The summed E-state index contributed by atoms with van der Waals surface area (Å²) in [6, 6.07) is 0. The van der Waals surface area contributed by atoms with Crippen LogP contribution in [-0.4, -0.2) is 5.75 Å². The Hall–Kier alpha value is -0.690. The zero-order valence-corrected chi connectivity index (χ0v) is 9.31. The maximum absolute atomic E-state index is 3.62. The van der Waals surface area contributed by atoms with Crippen LogP contribution in [-0.2, 0) is 0 Å². The van der Waals surface area contributed by atoms with E-state index in [1.54, 1.807) is 6.08 Å². The number of allylic oxidation sites excluding steroid dienone is 6. The first kappa shape index (κ1) is 12.3. The topological polar surface area (TPSA) is 0 Å². The molecule has 0 fully saturated rings. The van der Waals surface area contributed by atoms with Crippen LogP contribution in [0.2, 0.25) is 0 Å². The average Bonchev–Trinajstić information content (AvgIpc) is 2.13. The summed E-state index contributed by atoms with van der Waals surface area (Å²) in [6.07, 6.45) is 13.4. The van der Waals surface area contributed by atoms with Crippen molar-refractivity contribution >= 4 is 11.8 Å². The maximum atomic E-state index is 3.62. The molecular weight excluding hydrogens is 176 g/mol. The smallest absolute Gasteiger partial charge is 0.0157 e. The summed E-state index contributed by atoms with van der Waals surface area (Å²) < 4.78 is 0. The molecule has 0 aliphatic carbocycles. The fraction of sp³-hybridized carbons (Fsp3) is 0.333. The zero-order valence-electron chi connectivity index (χ0n) is 8.49. The van der Waals surface area contributed by atoms with Crippen LogP contribution in [0.15, 0.2) is 47.9 Å². The highest BCUT2D eigenvalue weighted by Gasteiger charge is 1.85. The van der Waals surface area contributed by atoms with Gasteiger partial charge in [0.15, 0.2) is 0 Å². The highest BCUT2D eigenvalue weighted by atomic mass is 32.2. The summed E-state index contributed by atoms with van der Waals surface area (Å²) in [5, 5.41) is 0. The molecule has 0 unspecified atom stereocenters. The Balaban J connectivity index is 3.62. The Kier molecular flexibility index (Phi) is 8.90. The van der Waals surface area contributed by atoms with E-state index < -0.39 is 0 Å². The van der Waals surface area contributed by atoms with E-state index in [0.717, 1.165) is 12.2 Å². The largest absolute Gasteiger partial charge is 0.127 e. The second-order valence-electron chi connectivity index (χ2n) is 2.59. The monoisotopic (exact) mass is 194 g/mol. The van der Waals surface area contributed by atoms with Gasteiger partial charge in [0.05, 0.1) is 0 Å². The van der Waals surface area contributed by atoms with E-state index in [4.69, 9.17) is 0 Å². The predicted octanol–water partition coefficient (Wildman–Crippen LogP) is 4.33. The Morgan fingerprint density at radius 1 is 1.38 bits per heavy atom. The van der Waals surface area contributed by atoms with Crippen LogP contribution < -0.4 is 0 Å². The predicted molar refractivity (Wildman–Crippen MR) is 65.0 cm³/mol. The van der Waals surface area contributed by atoms with Crippen LogP contribution in [0.4, 0.5) is 0 Å². The molecule has 0 aromatic heterocycles. The van der Waals surface area contributed by atoms with Crippen molar-refractivity contribution in [2.45, 2.75) is 20.3 Å². The Morgan fingerprint density at radius 3 is 2.77 bits per heavy atom. The molecule has 0 atom stereocenters. The summed E-state index contributed by atoms with van der Waals surface area (Å²) in [4.78, 5) is 1.38. The number of rotatable bonds is 6. The van der Waals surface area contributed by atoms with Crippen LogP contribution in [0.5, 0.6) is 0 Å². The van der Waals surface area contributed by atoms with Gasteiger partial charge in [-0.3, -0.25) is 0 Å². The van der Waals surface area contributed by atoms with Gasteiger partial charge >= 0.3 is 0 Å². The molecule has 0 N–H and O–H groups in total. The molecule has 1 heteroatoms. The molecule has 0 spiro atoms.